The van der Waals surface area contributed by atoms with Crippen LogP contribution in [0.5, 0.6) is 0 Å². The Morgan fingerprint density at radius 2 is 2.11 bits per heavy atom. The minimum atomic E-state index is -0.857. The molecule has 1 aromatic heterocycles. The van der Waals surface area contributed by atoms with Crippen LogP contribution in [0.2, 0.25) is 0 Å². The number of aromatic nitrogens is 3. The summed E-state index contributed by atoms with van der Waals surface area (Å²) in [4.78, 5) is 15.8. The standard InChI is InChI=1S/C13H17N5O/c1-3-13(2,14)12(19)17-10-4-6-11(7-5-10)18-9-15-8-16-18/h4-9H,3,14H2,1-2H3,(H,17,19). The lowest BCUT2D eigenvalue weighted by Crippen LogP contribution is -2.47. The van der Waals surface area contributed by atoms with Crippen LogP contribution in [0.15, 0.2) is 36.9 Å². The van der Waals surface area contributed by atoms with Crippen molar-refractivity contribution in [3.8, 4) is 5.69 Å². The van der Waals surface area contributed by atoms with Crippen LogP contribution >= 0.6 is 0 Å². The van der Waals surface area contributed by atoms with Gasteiger partial charge in [0.15, 0.2) is 0 Å². The van der Waals surface area contributed by atoms with Gasteiger partial charge in [0.1, 0.15) is 12.7 Å². The van der Waals surface area contributed by atoms with Gasteiger partial charge in [-0.05, 0) is 37.6 Å². The number of benzene rings is 1. The van der Waals surface area contributed by atoms with Gasteiger partial charge in [-0.2, -0.15) is 5.10 Å². The third-order valence-corrected chi connectivity index (χ3v) is 3.06. The Morgan fingerprint density at radius 1 is 1.42 bits per heavy atom. The minimum absolute atomic E-state index is 0.191. The SMILES string of the molecule is CCC(C)(N)C(=O)Nc1ccc(-n2cncn2)cc1. The zero-order valence-corrected chi connectivity index (χ0v) is 11.0. The van der Waals surface area contributed by atoms with E-state index < -0.39 is 5.54 Å². The van der Waals surface area contributed by atoms with Crippen molar-refractivity contribution in [2.75, 3.05) is 5.32 Å². The lowest BCUT2D eigenvalue weighted by Gasteiger charge is -2.21. The number of anilines is 1. The topological polar surface area (TPSA) is 85.8 Å². The van der Waals surface area contributed by atoms with E-state index in [9.17, 15) is 4.79 Å². The number of nitrogens with one attached hydrogen (secondary N) is 1. The molecule has 1 atom stereocenters. The summed E-state index contributed by atoms with van der Waals surface area (Å²) >= 11 is 0. The fourth-order valence-corrected chi connectivity index (χ4v) is 1.47. The van der Waals surface area contributed by atoms with Gasteiger partial charge in [-0.3, -0.25) is 4.79 Å². The molecule has 1 heterocycles. The van der Waals surface area contributed by atoms with Crippen LogP contribution in [0.3, 0.4) is 0 Å². The highest BCUT2D eigenvalue weighted by Crippen LogP contribution is 2.14. The maximum atomic E-state index is 11.9. The summed E-state index contributed by atoms with van der Waals surface area (Å²) in [6.07, 6.45) is 3.66. The first-order valence-corrected chi connectivity index (χ1v) is 6.08. The van der Waals surface area contributed by atoms with Crippen LogP contribution in [0.4, 0.5) is 5.69 Å². The van der Waals surface area contributed by atoms with Gasteiger partial charge in [0.25, 0.3) is 0 Å². The van der Waals surface area contributed by atoms with Gasteiger partial charge >= 0.3 is 0 Å². The second-order valence-electron chi connectivity index (χ2n) is 4.61. The Balaban J connectivity index is 2.10. The molecule has 0 bridgehead atoms. The normalized spacial score (nSPS) is 13.8. The molecule has 6 heteroatoms. The number of nitrogens with zero attached hydrogens (tertiary/aromatic N) is 3. The molecule has 0 spiro atoms. The Bertz CT molecular complexity index is 545. The summed E-state index contributed by atoms with van der Waals surface area (Å²) in [7, 11) is 0. The fraction of sp³-hybridized carbons (Fsp3) is 0.308. The number of rotatable bonds is 4. The van der Waals surface area contributed by atoms with E-state index in [1.165, 1.54) is 6.33 Å². The molecule has 0 aliphatic carbocycles. The lowest BCUT2D eigenvalue weighted by molar-refractivity contribution is -0.120. The van der Waals surface area contributed by atoms with E-state index >= 15 is 0 Å². The molecule has 1 unspecified atom stereocenters. The van der Waals surface area contributed by atoms with Gasteiger partial charge in [-0.1, -0.05) is 6.92 Å². The summed E-state index contributed by atoms with van der Waals surface area (Å²) in [5.74, 6) is -0.191. The van der Waals surface area contributed by atoms with E-state index in [2.05, 4.69) is 15.4 Å². The van der Waals surface area contributed by atoms with Gasteiger partial charge in [0.2, 0.25) is 5.91 Å². The molecule has 2 aromatic rings. The summed E-state index contributed by atoms with van der Waals surface area (Å²) in [5.41, 5.74) is 6.61. The van der Waals surface area contributed by atoms with Crippen molar-refractivity contribution < 1.29 is 4.79 Å². The lowest BCUT2D eigenvalue weighted by atomic mass is 9.99. The fourth-order valence-electron chi connectivity index (χ4n) is 1.47. The van der Waals surface area contributed by atoms with Crippen molar-refractivity contribution in [1.82, 2.24) is 14.8 Å². The predicted octanol–water partition coefficient (Wildman–Crippen LogP) is 1.33. The van der Waals surface area contributed by atoms with Crippen LogP contribution in [0.25, 0.3) is 5.69 Å². The van der Waals surface area contributed by atoms with Gasteiger partial charge in [-0.15, -0.1) is 0 Å². The second-order valence-corrected chi connectivity index (χ2v) is 4.61. The van der Waals surface area contributed by atoms with Crippen molar-refractivity contribution in [1.29, 1.82) is 0 Å². The third kappa shape index (κ3) is 2.97. The van der Waals surface area contributed by atoms with Crippen LogP contribution < -0.4 is 11.1 Å². The number of hydrogen-bond donors (Lipinski definition) is 2. The highest BCUT2D eigenvalue weighted by atomic mass is 16.2. The molecular formula is C13H17N5O. The van der Waals surface area contributed by atoms with E-state index in [0.29, 0.717) is 12.1 Å². The Kier molecular flexibility index (Phi) is 3.62. The highest BCUT2D eigenvalue weighted by Gasteiger charge is 2.25. The summed E-state index contributed by atoms with van der Waals surface area (Å²) in [6, 6.07) is 7.31. The molecule has 0 saturated heterocycles. The smallest absolute Gasteiger partial charge is 0.244 e. The van der Waals surface area contributed by atoms with Crippen molar-refractivity contribution >= 4 is 11.6 Å². The summed E-state index contributed by atoms with van der Waals surface area (Å²) in [6.45, 7) is 3.60. The maximum Gasteiger partial charge on any atom is 0.244 e. The van der Waals surface area contributed by atoms with Crippen molar-refractivity contribution in [2.45, 2.75) is 25.8 Å². The quantitative estimate of drug-likeness (QED) is 0.867. The zero-order valence-electron chi connectivity index (χ0n) is 11.0. The molecule has 0 radical (unpaired) electrons. The Labute approximate surface area is 111 Å². The Morgan fingerprint density at radius 3 is 2.63 bits per heavy atom. The molecule has 100 valence electrons. The molecule has 1 amide bonds. The van der Waals surface area contributed by atoms with Crippen LogP contribution in [0.1, 0.15) is 20.3 Å². The van der Waals surface area contributed by atoms with E-state index in [4.69, 9.17) is 5.73 Å². The summed E-state index contributed by atoms with van der Waals surface area (Å²) in [5, 5.41) is 6.82. The zero-order chi connectivity index (χ0) is 13.9. The van der Waals surface area contributed by atoms with Gasteiger partial charge < -0.3 is 11.1 Å². The highest BCUT2D eigenvalue weighted by molar-refractivity contribution is 5.97. The first-order valence-electron chi connectivity index (χ1n) is 6.08. The molecule has 0 fully saturated rings. The molecule has 1 aromatic carbocycles. The molecule has 0 saturated carbocycles. The number of hydrogen-bond acceptors (Lipinski definition) is 4. The molecule has 0 aliphatic heterocycles. The molecule has 6 nitrogen and oxygen atoms in total. The monoisotopic (exact) mass is 259 g/mol. The average molecular weight is 259 g/mol. The summed E-state index contributed by atoms with van der Waals surface area (Å²) < 4.78 is 1.64. The van der Waals surface area contributed by atoms with E-state index in [1.54, 1.807) is 30.1 Å². The molecule has 2 rings (SSSR count). The predicted molar refractivity (Wildman–Crippen MR) is 72.9 cm³/mol. The van der Waals surface area contributed by atoms with Gasteiger partial charge in [0, 0.05) is 5.69 Å². The number of carbonyl (C=O) groups is 1. The Hall–Kier alpha value is -2.21. The third-order valence-electron chi connectivity index (χ3n) is 3.06. The van der Waals surface area contributed by atoms with Crippen LogP contribution in [-0.4, -0.2) is 26.2 Å². The maximum absolute atomic E-state index is 11.9. The first-order chi connectivity index (χ1) is 9.03. The number of amides is 1. The number of carbonyl (C=O) groups excluding carboxylic acids is 1. The van der Waals surface area contributed by atoms with Crippen LogP contribution in [-0.2, 0) is 4.79 Å². The van der Waals surface area contributed by atoms with E-state index in [1.807, 2.05) is 19.1 Å². The van der Waals surface area contributed by atoms with E-state index in [0.717, 1.165) is 5.69 Å². The molecule has 0 aliphatic rings. The number of nitrogens with two attached hydrogens (primary N) is 1. The molecular weight excluding hydrogens is 242 g/mol. The van der Waals surface area contributed by atoms with Crippen molar-refractivity contribution in [2.24, 2.45) is 5.73 Å². The van der Waals surface area contributed by atoms with Crippen molar-refractivity contribution in [3.05, 3.63) is 36.9 Å². The second kappa shape index (κ2) is 5.19. The largest absolute Gasteiger partial charge is 0.325 e. The van der Waals surface area contributed by atoms with E-state index in [-0.39, 0.29) is 5.91 Å². The average Bonchev–Trinajstić information content (AvgIpc) is 2.93. The van der Waals surface area contributed by atoms with Gasteiger partial charge in [-0.25, -0.2) is 9.67 Å². The minimum Gasteiger partial charge on any atom is -0.325 e. The van der Waals surface area contributed by atoms with Crippen molar-refractivity contribution in [3.63, 3.8) is 0 Å². The van der Waals surface area contributed by atoms with Gasteiger partial charge in [0.05, 0.1) is 11.2 Å². The molecule has 19 heavy (non-hydrogen) atoms. The van der Waals surface area contributed by atoms with Crippen LogP contribution in [0, 0.1) is 0 Å². The molecule has 3 N–H and O–H groups in total. The first kappa shape index (κ1) is 13.2.